The summed E-state index contributed by atoms with van der Waals surface area (Å²) in [5.74, 6) is 1.06. The van der Waals surface area contributed by atoms with Gasteiger partial charge in [-0.25, -0.2) is 0 Å². The van der Waals surface area contributed by atoms with Crippen molar-refractivity contribution in [3.63, 3.8) is 0 Å². The summed E-state index contributed by atoms with van der Waals surface area (Å²) in [5, 5.41) is 10.3. The molecule has 0 amide bonds. The van der Waals surface area contributed by atoms with Crippen LogP contribution < -0.4 is 0 Å². The molecule has 1 aromatic carbocycles. The molecule has 0 radical (unpaired) electrons. The zero-order valence-corrected chi connectivity index (χ0v) is 11.2. The van der Waals surface area contributed by atoms with Gasteiger partial charge in [-0.1, -0.05) is 57.5 Å². The first-order valence-corrected chi connectivity index (χ1v) is 6.75. The highest BCUT2D eigenvalue weighted by atomic mass is 16.3. The molecule has 1 aromatic rings. The van der Waals surface area contributed by atoms with Gasteiger partial charge in [0.15, 0.2) is 0 Å². The maximum Gasteiger partial charge on any atom is 0.0579 e. The van der Waals surface area contributed by atoms with E-state index in [-0.39, 0.29) is 11.5 Å². The summed E-state index contributed by atoms with van der Waals surface area (Å²) in [7, 11) is 0. The van der Waals surface area contributed by atoms with Crippen LogP contribution in [-0.2, 0) is 5.41 Å². The van der Waals surface area contributed by atoms with Gasteiger partial charge < -0.3 is 5.11 Å². The number of rotatable bonds is 2. The molecule has 0 unspecified atom stereocenters. The second-order valence-corrected chi connectivity index (χ2v) is 6.18. The Morgan fingerprint density at radius 3 is 2.35 bits per heavy atom. The fourth-order valence-electron chi connectivity index (χ4n) is 3.27. The highest BCUT2D eigenvalue weighted by Gasteiger charge is 2.38. The number of benzene rings is 1. The Kier molecular flexibility index (Phi) is 3.58. The van der Waals surface area contributed by atoms with Gasteiger partial charge in [0.2, 0.25) is 0 Å². The van der Waals surface area contributed by atoms with E-state index >= 15 is 0 Å². The molecule has 1 fully saturated rings. The predicted octanol–water partition coefficient (Wildman–Crippen LogP) is 3.76. The van der Waals surface area contributed by atoms with Crippen molar-refractivity contribution in [1.29, 1.82) is 0 Å². The lowest BCUT2D eigenvalue weighted by molar-refractivity contribution is 0.0143. The first-order valence-electron chi connectivity index (χ1n) is 6.75. The molecular weight excluding hydrogens is 208 g/mol. The van der Waals surface area contributed by atoms with Gasteiger partial charge >= 0.3 is 0 Å². The number of aliphatic hydroxyl groups is 1. The number of aliphatic hydroxyl groups excluding tert-OH is 1. The molecule has 0 saturated heterocycles. The van der Waals surface area contributed by atoms with E-state index in [9.17, 15) is 5.11 Å². The zero-order valence-electron chi connectivity index (χ0n) is 11.2. The lowest BCUT2D eigenvalue weighted by Gasteiger charge is -2.42. The zero-order chi connectivity index (χ0) is 12.5. The van der Waals surface area contributed by atoms with Gasteiger partial charge in [-0.2, -0.15) is 0 Å². The first kappa shape index (κ1) is 12.6. The van der Waals surface area contributed by atoms with Crippen LogP contribution in [0.4, 0.5) is 0 Å². The van der Waals surface area contributed by atoms with Gasteiger partial charge in [0.1, 0.15) is 0 Å². The molecule has 0 spiro atoms. The lowest BCUT2D eigenvalue weighted by atomic mass is 9.64. The Morgan fingerprint density at radius 1 is 1.12 bits per heavy atom. The lowest BCUT2D eigenvalue weighted by Crippen LogP contribution is -2.41. The summed E-state index contributed by atoms with van der Waals surface area (Å²) >= 11 is 0. The van der Waals surface area contributed by atoms with Gasteiger partial charge in [-0.3, -0.25) is 0 Å². The molecule has 1 aliphatic carbocycles. The van der Waals surface area contributed by atoms with Crippen LogP contribution in [-0.4, -0.2) is 11.2 Å². The van der Waals surface area contributed by atoms with E-state index in [0.717, 1.165) is 12.8 Å². The van der Waals surface area contributed by atoms with Gasteiger partial charge in [0.25, 0.3) is 0 Å². The van der Waals surface area contributed by atoms with Crippen LogP contribution in [0.15, 0.2) is 30.3 Å². The molecular formula is C16H24O. The van der Waals surface area contributed by atoms with Gasteiger partial charge in [0, 0.05) is 0 Å². The van der Waals surface area contributed by atoms with Crippen LogP contribution in [0.1, 0.15) is 45.6 Å². The monoisotopic (exact) mass is 232 g/mol. The van der Waals surface area contributed by atoms with Crippen molar-refractivity contribution in [3.8, 4) is 0 Å². The second kappa shape index (κ2) is 4.81. The van der Waals surface area contributed by atoms with Gasteiger partial charge in [-0.15, -0.1) is 0 Å². The summed E-state index contributed by atoms with van der Waals surface area (Å²) in [6, 6.07) is 10.6. The Balaban J connectivity index is 2.21. The van der Waals surface area contributed by atoms with Crippen molar-refractivity contribution in [1.82, 2.24) is 0 Å². The molecule has 0 bridgehead atoms. The molecule has 94 valence electrons. The maximum atomic E-state index is 10.3. The Morgan fingerprint density at radius 2 is 1.76 bits per heavy atom. The summed E-state index contributed by atoms with van der Waals surface area (Å²) in [4.78, 5) is 0. The fourth-order valence-corrected chi connectivity index (χ4v) is 3.27. The van der Waals surface area contributed by atoms with Crippen LogP contribution in [0.2, 0.25) is 0 Å². The SMILES string of the molecule is C[C@H]1CC[C@@H](C(C)(C)c2ccccc2)[C@H](O)C1. The average molecular weight is 232 g/mol. The summed E-state index contributed by atoms with van der Waals surface area (Å²) in [6.45, 7) is 6.79. The molecule has 1 N–H and O–H groups in total. The van der Waals surface area contributed by atoms with E-state index in [1.54, 1.807) is 0 Å². The molecule has 2 rings (SSSR count). The van der Waals surface area contributed by atoms with Gasteiger partial charge in [0.05, 0.1) is 6.10 Å². The molecule has 1 heteroatoms. The van der Waals surface area contributed by atoms with Gasteiger partial charge in [-0.05, 0) is 35.7 Å². The largest absolute Gasteiger partial charge is 0.393 e. The van der Waals surface area contributed by atoms with Crippen LogP contribution >= 0.6 is 0 Å². The minimum Gasteiger partial charge on any atom is -0.393 e. The third-order valence-corrected chi connectivity index (χ3v) is 4.52. The third kappa shape index (κ3) is 2.55. The van der Waals surface area contributed by atoms with E-state index in [4.69, 9.17) is 0 Å². The quantitative estimate of drug-likeness (QED) is 0.823. The minimum absolute atomic E-state index is 0.0703. The molecule has 17 heavy (non-hydrogen) atoms. The van der Waals surface area contributed by atoms with Crippen molar-refractivity contribution in [2.45, 2.75) is 51.6 Å². The topological polar surface area (TPSA) is 20.2 Å². The predicted molar refractivity (Wildman–Crippen MR) is 72.0 cm³/mol. The molecule has 0 heterocycles. The molecule has 1 saturated carbocycles. The summed E-state index contributed by atoms with van der Waals surface area (Å²) in [5.41, 5.74) is 1.42. The fraction of sp³-hybridized carbons (Fsp3) is 0.625. The van der Waals surface area contributed by atoms with Crippen LogP contribution in [0.5, 0.6) is 0 Å². The molecule has 3 atom stereocenters. The molecule has 0 aliphatic heterocycles. The number of hydrogen-bond donors (Lipinski definition) is 1. The highest BCUT2D eigenvalue weighted by Crippen LogP contribution is 2.42. The van der Waals surface area contributed by atoms with E-state index < -0.39 is 0 Å². The van der Waals surface area contributed by atoms with E-state index in [2.05, 4.69) is 51.1 Å². The summed E-state index contributed by atoms with van der Waals surface area (Å²) < 4.78 is 0. The van der Waals surface area contributed by atoms with Crippen LogP contribution in [0.25, 0.3) is 0 Å². The van der Waals surface area contributed by atoms with Crippen molar-refractivity contribution >= 4 is 0 Å². The maximum absolute atomic E-state index is 10.3. The van der Waals surface area contributed by atoms with Crippen molar-refractivity contribution < 1.29 is 5.11 Å². The van der Waals surface area contributed by atoms with Crippen molar-refractivity contribution in [3.05, 3.63) is 35.9 Å². The standard InChI is InChI=1S/C16H24O/c1-12-9-10-14(15(17)11-12)16(2,3)13-7-5-4-6-8-13/h4-8,12,14-15,17H,9-11H2,1-3H3/t12-,14+,15+/m0/s1. The minimum atomic E-state index is -0.144. The van der Waals surface area contributed by atoms with Crippen LogP contribution in [0, 0.1) is 11.8 Å². The Hall–Kier alpha value is -0.820. The second-order valence-electron chi connectivity index (χ2n) is 6.18. The van der Waals surface area contributed by atoms with Crippen LogP contribution in [0.3, 0.4) is 0 Å². The summed E-state index contributed by atoms with van der Waals surface area (Å²) in [6.07, 6.45) is 3.21. The first-order chi connectivity index (χ1) is 8.01. The Labute approximate surface area is 105 Å². The third-order valence-electron chi connectivity index (χ3n) is 4.52. The van der Waals surface area contributed by atoms with E-state index in [1.165, 1.54) is 12.0 Å². The van der Waals surface area contributed by atoms with Crippen molar-refractivity contribution in [2.24, 2.45) is 11.8 Å². The van der Waals surface area contributed by atoms with E-state index in [0.29, 0.717) is 11.8 Å². The number of hydrogen-bond acceptors (Lipinski definition) is 1. The highest BCUT2D eigenvalue weighted by molar-refractivity contribution is 5.25. The van der Waals surface area contributed by atoms with E-state index in [1.807, 2.05) is 0 Å². The molecule has 0 aromatic heterocycles. The average Bonchev–Trinajstić information content (AvgIpc) is 2.29. The molecule has 1 nitrogen and oxygen atoms in total. The Bertz CT molecular complexity index is 355. The molecule has 1 aliphatic rings. The smallest absolute Gasteiger partial charge is 0.0579 e. The normalized spacial score (nSPS) is 30.2. The van der Waals surface area contributed by atoms with Crippen molar-refractivity contribution in [2.75, 3.05) is 0 Å².